The second-order valence-corrected chi connectivity index (χ2v) is 19.9. The molecule has 3 atom stereocenters. The second kappa shape index (κ2) is 25.2. The van der Waals surface area contributed by atoms with Crippen LogP contribution in [0.25, 0.3) is 0 Å². The van der Waals surface area contributed by atoms with E-state index in [0.717, 1.165) is 31.4 Å². The van der Waals surface area contributed by atoms with Crippen molar-refractivity contribution in [2.24, 2.45) is 5.92 Å². The minimum absolute atomic E-state index is 0.000286. The number of aromatic amines is 3. The molecule has 25 heteroatoms. The number of rotatable bonds is 23. The molecule has 4 heterocycles. The standard InChI is InChI=1S/C54H56Cl2F4N10O9/c1-27(35-15-13-31(55)21-36(35)57)77-41-23-39(49(72)66-33-11-7-12-33)70-46(41)53(76)65-25-29-19-34(20-29)67-50(73)40-24-42(78-28(2)37-16-14-32(56)26-64-37)45(69-40)52(75)63-18-8-17-62-48(71)38-22-43(44(68-38)51(74)61-3)79-47(54(58,59)60)30-9-5-4-6-10-30/h4-6,9-10,13-16,21-24,26-29,33-34,47,68-70H,7-8,11-12,17-20,25H2,1-3H3,(H,61,74)(H,62,71)(H,63,75)(H,65,76)(H,66,72)(H,67,73). The van der Waals surface area contributed by atoms with Crippen LogP contribution in [0.5, 0.6) is 17.2 Å². The van der Waals surface area contributed by atoms with Crippen molar-refractivity contribution in [2.75, 3.05) is 26.7 Å². The van der Waals surface area contributed by atoms with Gasteiger partial charge in [0.15, 0.2) is 17.2 Å². The zero-order valence-corrected chi connectivity index (χ0v) is 44.3. The van der Waals surface area contributed by atoms with E-state index < -0.39 is 77.2 Å². The van der Waals surface area contributed by atoms with Crippen LogP contribution < -0.4 is 46.1 Å². The van der Waals surface area contributed by atoms with E-state index in [9.17, 15) is 46.3 Å². The number of alkyl halides is 3. The predicted molar refractivity (Wildman–Crippen MR) is 281 cm³/mol. The summed E-state index contributed by atoms with van der Waals surface area (Å²) in [7, 11) is 1.26. The van der Waals surface area contributed by atoms with E-state index in [2.05, 4.69) is 51.8 Å². The van der Waals surface area contributed by atoms with E-state index >= 15 is 0 Å². The summed E-state index contributed by atoms with van der Waals surface area (Å²) in [4.78, 5) is 92.5. The first kappa shape index (κ1) is 57.1. The second-order valence-electron chi connectivity index (χ2n) is 19.1. The van der Waals surface area contributed by atoms with Crippen molar-refractivity contribution in [3.63, 3.8) is 0 Å². The number of H-pyrrole nitrogens is 3. The number of carbonyl (C=O) groups excluding carboxylic acids is 6. The van der Waals surface area contributed by atoms with Crippen LogP contribution in [-0.2, 0) is 0 Å². The van der Waals surface area contributed by atoms with Crippen molar-refractivity contribution >= 4 is 58.6 Å². The summed E-state index contributed by atoms with van der Waals surface area (Å²) in [6.07, 6.45) is -3.64. The van der Waals surface area contributed by atoms with Crippen molar-refractivity contribution in [3.05, 3.63) is 152 Å². The van der Waals surface area contributed by atoms with Gasteiger partial charge in [-0.3, -0.25) is 33.8 Å². The number of halogens is 6. The van der Waals surface area contributed by atoms with Crippen molar-refractivity contribution in [1.82, 2.24) is 51.8 Å². The topological polar surface area (TPSA) is 263 Å². The average Bonchev–Trinajstić information content (AvgIpc) is 4.24. The van der Waals surface area contributed by atoms with Gasteiger partial charge >= 0.3 is 6.18 Å². The molecule has 6 amide bonds. The SMILES string of the molecule is CNC(=O)c1[nH]c(C(=O)NCCCNC(=O)c2[nH]c(C(=O)NC3CC(CNC(=O)c4[nH]c(C(=O)NC5CCC5)cc4OC(C)c4ccc(Cl)cc4F)C3)cc2OC(C)c2ccc(Cl)cn2)cc1OC(c1ccccc1)C(F)(F)F. The lowest BCUT2D eigenvalue weighted by atomic mass is 9.80. The minimum Gasteiger partial charge on any atom is -0.483 e. The molecule has 6 aromatic rings. The zero-order chi connectivity index (χ0) is 56.5. The highest BCUT2D eigenvalue weighted by Gasteiger charge is 2.44. The third-order valence-corrected chi connectivity index (χ3v) is 13.8. The largest absolute Gasteiger partial charge is 0.483 e. The molecule has 0 saturated heterocycles. The van der Waals surface area contributed by atoms with Gasteiger partial charge in [-0.15, -0.1) is 0 Å². The first-order valence-electron chi connectivity index (χ1n) is 25.3. The molecule has 2 saturated carbocycles. The summed E-state index contributed by atoms with van der Waals surface area (Å²) in [5, 5.41) is 17.0. The van der Waals surface area contributed by atoms with Crippen LogP contribution in [0.1, 0.15) is 150 Å². The maximum atomic E-state index is 14.8. The van der Waals surface area contributed by atoms with Crippen LogP contribution in [0.4, 0.5) is 17.6 Å². The van der Waals surface area contributed by atoms with Gasteiger partial charge in [0.05, 0.1) is 10.7 Å². The maximum Gasteiger partial charge on any atom is 0.429 e. The molecule has 4 aromatic heterocycles. The van der Waals surface area contributed by atoms with E-state index in [0.29, 0.717) is 23.6 Å². The van der Waals surface area contributed by atoms with Crippen molar-refractivity contribution in [2.45, 2.75) is 88.9 Å². The van der Waals surface area contributed by atoms with Crippen LogP contribution >= 0.6 is 23.2 Å². The van der Waals surface area contributed by atoms with Crippen molar-refractivity contribution in [3.8, 4) is 17.2 Å². The van der Waals surface area contributed by atoms with Gasteiger partial charge in [0.2, 0.25) is 6.10 Å². The Hall–Kier alpha value is -8.05. The normalized spacial score (nSPS) is 16.2. The molecule has 0 spiro atoms. The Morgan fingerprint density at radius 2 is 1.20 bits per heavy atom. The summed E-state index contributed by atoms with van der Waals surface area (Å²) >= 11 is 12.0. The summed E-state index contributed by atoms with van der Waals surface area (Å²) < 4.78 is 74.7. The number of nitrogens with one attached hydrogen (secondary N) is 9. The van der Waals surface area contributed by atoms with Crippen molar-refractivity contribution < 1.29 is 60.5 Å². The van der Waals surface area contributed by atoms with E-state index in [-0.39, 0.29) is 100 Å². The Kier molecular flexibility index (Phi) is 18.2. The molecule has 418 valence electrons. The van der Waals surface area contributed by atoms with E-state index in [4.69, 9.17) is 37.4 Å². The fourth-order valence-electron chi connectivity index (χ4n) is 8.73. The van der Waals surface area contributed by atoms with Gasteiger partial charge in [0.25, 0.3) is 35.4 Å². The highest BCUT2D eigenvalue weighted by Crippen LogP contribution is 2.39. The monoisotopic (exact) mass is 1130 g/mol. The highest BCUT2D eigenvalue weighted by molar-refractivity contribution is 6.30. The summed E-state index contributed by atoms with van der Waals surface area (Å²) in [5.74, 6) is -4.85. The number of carbonyl (C=O) groups is 6. The van der Waals surface area contributed by atoms with Gasteiger partial charge in [-0.25, -0.2) is 4.39 Å². The third-order valence-electron chi connectivity index (χ3n) is 13.3. The molecule has 0 radical (unpaired) electrons. The molecule has 0 aliphatic heterocycles. The number of pyridine rings is 1. The lowest BCUT2D eigenvalue weighted by molar-refractivity contribution is -0.198. The van der Waals surface area contributed by atoms with Gasteiger partial charge in [0.1, 0.15) is 52.2 Å². The van der Waals surface area contributed by atoms with Crippen LogP contribution in [0, 0.1) is 11.7 Å². The Labute approximate surface area is 460 Å². The van der Waals surface area contributed by atoms with Gasteiger partial charge in [-0.05, 0) is 82.6 Å². The number of amides is 6. The molecule has 0 bridgehead atoms. The zero-order valence-electron chi connectivity index (χ0n) is 42.8. The van der Waals surface area contributed by atoms with E-state index in [1.807, 2.05) is 0 Å². The molecule has 79 heavy (non-hydrogen) atoms. The van der Waals surface area contributed by atoms with Gasteiger partial charge in [-0.1, -0.05) is 59.6 Å². The molecule has 9 N–H and O–H groups in total. The molecule has 2 aromatic carbocycles. The molecule has 3 unspecified atom stereocenters. The Morgan fingerprint density at radius 1 is 0.658 bits per heavy atom. The number of nitrogens with zero attached hydrogens (tertiary/aromatic N) is 1. The fraction of sp³-hybridized carbons (Fsp3) is 0.352. The number of ether oxygens (including phenoxy) is 3. The van der Waals surface area contributed by atoms with E-state index in [1.54, 1.807) is 26.0 Å². The van der Waals surface area contributed by atoms with Gasteiger partial charge in [0, 0.05) is 79.3 Å². The molecule has 2 aliphatic rings. The molecule has 2 aliphatic carbocycles. The summed E-state index contributed by atoms with van der Waals surface area (Å²) in [6, 6.07) is 17.7. The van der Waals surface area contributed by atoms with Crippen LogP contribution in [0.15, 0.2) is 85.1 Å². The first-order chi connectivity index (χ1) is 37.7. The van der Waals surface area contributed by atoms with Crippen LogP contribution in [-0.4, -0.2) is 100 Å². The van der Waals surface area contributed by atoms with Gasteiger partial charge in [-0.2, -0.15) is 13.2 Å². The molecule has 8 rings (SSSR count). The molecule has 2 fully saturated rings. The number of benzene rings is 2. The maximum absolute atomic E-state index is 14.8. The smallest absolute Gasteiger partial charge is 0.429 e. The fourth-order valence-corrected chi connectivity index (χ4v) is 9.00. The van der Waals surface area contributed by atoms with Crippen LogP contribution in [0.2, 0.25) is 10.0 Å². The van der Waals surface area contributed by atoms with Gasteiger partial charge < -0.3 is 61.1 Å². The number of hydrogen-bond donors (Lipinski definition) is 9. The number of hydrogen-bond acceptors (Lipinski definition) is 10. The highest BCUT2D eigenvalue weighted by atomic mass is 35.5. The Bertz CT molecular complexity index is 3180. The predicted octanol–water partition coefficient (Wildman–Crippen LogP) is 8.60. The first-order valence-corrected chi connectivity index (χ1v) is 26.1. The summed E-state index contributed by atoms with van der Waals surface area (Å²) in [5.41, 5.74) is -0.223. The molecular weight excluding hydrogens is 1080 g/mol. The lowest BCUT2D eigenvalue weighted by Crippen LogP contribution is -2.47. The Balaban J connectivity index is 0.860. The molecular formula is C54H56Cl2F4N10O9. The van der Waals surface area contributed by atoms with Crippen LogP contribution in [0.3, 0.4) is 0 Å². The molecule has 19 nitrogen and oxygen atoms in total. The minimum atomic E-state index is -4.87. The summed E-state index contributed by atoms with van der Waals surface area (Å²) in [6.45, 7) is 3.47. The van der Waals surface area contributed by atoms with Crippen molar-refractivity contribution in [1.29, 1.82) is 0 Å². The van der Waals surface area contributed by atoms with E-state index in [1.165, 1.54) is 67.8 Å². The quantitative estimate of drug-likeness (QED) is 0.0218. The number of aromatic nitrogens is 4. The Morgan fingerprint density at radius 3 is 1.76 bits per heavy atom. The lowest BCUT2D eigenvalue weighted by Gasteiger charge is -2.35. The average molecular weight is 1140 g/mol. The third kappa shape index (κ3) is 14.4.